The van der Waals surface area contributed by atoms with Crippen molar-refractivity contribution in [3.8, 4) is 29.0 Å². The Kier molecular flexibility index (Phi) is 6.64. The quantitative estimate of drug-likeness (QED) is 0.682. The van der Waals surface area contributed by atoms with Crippen LogP contribution in [0.5, 0.6) is 11.5 Å². The zero-order valence-electron chi connectivity index (χ0n) is 16.7. The Morgan fingerprint density at radius 2 is 1.97 bits per heavy atom. The fourth-order valence-corrected chi connectivity index (χ4v) is 3.99. The van der Waals surface area contributed by atoms with Gasteiger partial charge in [0.15, 0.2) is 11.5 Å². The van der Waals surface area contributed by atoms with Crippen molar-refractivity contribution in [1.82, 2.24) is 15.5 Å². The summed E-state index contributed by atoms with van der Waals surface area (Å²) < 4.78 is 16.2. The molecule has 1 aromatic heterocycles. The molecule has 0 saturated heterocycles. The minimum absolute atomic E-state index is 0.204. The molecule has 3 rings (SSSR count). The molecule has 9 heteroatoms. The van der Waals surface area contributed by atoms with E-state index in [0.717, 1.165) is 31.0 Å². The first-order valence-corrected chi connectivity index (χ1v) is 10.3. The molecule has 8 nitrogen and oxygen atoms in total. The van der Waals surface area contributed by atoms with Crippen molar-refractivity contribution in [3.63, 3.8) is 0 Å². The molecular formula is C20H24N4O4S. The number of aromatic nitrogens is 2. The molecule has 154 valence electrons. The van der Waals surface area contributed by atoms with Gasteiger partial charge in [-0.2, -0.15) is 5.26 Å². The fraction of sp³-hybridized carbons (Fsp3) is 0.500. The van der Waals surface area contributed by atoms with Crippen LogP contribution in [-0.4, -0.2) is 41.1 Å². The van der Waals surface area contributed by atoms with Gasteiger partial charge in [-0.05, 0) is 38.0 Å². The van der Waals surface area contributed by atoms with Gasteiger partial charge < -0.3 is 19.2 Å². The molecule has 1 atom stereocenters. The largest absolute Gasteiger partial charge is 0.493 e. The molecule has 1 aliphatic rings. The lowest BCUT2D eigenvalue weighted by Gasteiger charge is -2.32. The Morgan fingerprint density at radius 1 is 1.24 bits per heavy atom. The lowest BCUT2D eigenvalue weighted by Crippen LogP contribution is -2.50. The van der Waals surface area contributed by atoms with E-state index in [0.29, 0.717) is 35.8 Å². The summed E-state index contributed by atoms with van der Waals surface area (Å²) in [6.07, 6.45) is 4.39. The van der Waals surface area contributed by atoms with Crippen LogP contribution in [0.15, 0.2) is 27.8 Å². The number of nitriles is 1. The number of thioether (sulfide) groups is 1. The molecule has 0 unspecified atom stereocenters. The molecule has 1 amide bonds. The first kappa shape index (κ1) is 21.0. The summed E-state index contributed by atoms with van der Waals surface area (Å²) in [6.45, 7) is 1.76. The highest BCUT2D eigenvalue weighted by atomic mass is 32.2. The number of amides is 1. The third kappa shape index (κ3) is 4.82. The normalized spacial score (nSPS) is 16.5. The highest BCUT2D eigenvalue weighted by molar-refractivity contribution is 8.00. The van der Waals surface area contributed by atoms with Gasteiger partial charge in [-0.3, -0.25) is 4.79 Å². The van der Waals surface area contributed by atoms with Crippen molar-refractivity contribution in [3.05, 3.63) is 18.2 Å². The Morgan fingerprint density at radius 3 is 2.62 bits per heavy atom. The van der Waals surface area contributed by atoms with Gasteiger partial charge in [0.1, 0.15) is 5.54 Å². The molecule has 0 aliphatic heterocycles. The molecule has 0 spiro atoms. The van der Waals surface area contributed by atoms with E-state index in [1.807, 2.05) is 0 Å². The van der Waals surface area contributed by atoms with Gasteiger partial charge in [-0.15, -0.1) is 10.2 Å². The van der Waals surface area contributed by atoms with Crippen LogP contribution in [0, 0.1) is 11.3 Å². The van der Waals surface area contributed by atoms with Gasteiger partial charge in [-0.1, -0.05) is 31.0 Å². The van der Waals surface area contributed by atoms with E-state index in [2.05, 4.69) is 21.6 Å². The maximum atomic E-state index is 12.6. The van der Waals surface area contributed by atoms with Crippen LogP contribution in [0.3, 0.4) is 0 Å². The molecule has 1 fully saturated rings. The molecule has 0 bridgehead atoms. The monoisotopic (exact) mass is 416 g/mol. The number of nitrogens with one attached hydrogen (secondary N) is 1. The second-order valence-corrected chi connectivity index (χ2v) is 8.24. The Hall–Kier alpha value is -2.73. The predicted molar refractivity (Wildman–Crippen MR) is 108 cm³/mol. The summed E-state index contributed by atoms with van der Waals surface area (Å²) in [7, 11) is 3.12. The summed E-state index contributed by atoms with van der Waals surface area (Å²) in [4.78, 5) is 12.6. The number of hydrogen-bond donors (Lipinski definition) is 1. The van der Waals surface area contributed by atoms with Crippen molar-refractivity contribution in [2.75, 3.05) is 14.2 Å². The Bertz CT molecular complexity index is 902. The minimum atomic E-state index is -0.760. The van der Waals surface area contributed by atoms with Gasteiger partial charge in [0.05, 0.1) is 25.5 Å². The van der Waals surface area contributed by atoms with E-state index in [1.54, 1.807) is 39.3 Å². The molecule has 1 heterocycles. The van der Waals surface area contributed by atoms with E-state index in [4.69, 9.17) is 13.9 Å². The molecule has 29 heavy (non-hydrogen) atoms. The smallest absolute Gasteiger partial charge is 0.277 e. The zero-order valence-corrected chi connectivity index (χ0v) is 17.5. The standard InChI is InChI=1S/C20H24N4O4S/c1-13(17(25)22-20(12-21)9-5-4-6-10-20)29-19-24-23-18(28-19)14-7-8-15(26-2)16(11-14)27-3/h7-8,11,13H,4-6,9-10H2,1-3H3,(H,22,25)/t13-/m0/s1. The highest BCUT2D eigenvalue weighted by Gasteiger charge is 2.35. The van der Waals surface area contributed by atoms with Crippen LogP contribution >= 0.6 is 11.8 Å². The zero-order chi connectivity index (χ0) is 20.9. The summed E-state index contributed by atoms with van der Waals surface area (Å²) in [6, 6.07) is 7.59. The maximum Gasteiger partial charge on any atom is 0.277 e. The summed E-state index contributed by atoms with van der Waals surface area (Å²) in [5.74, 6) is 1.27. The van der Waals surface area contributed by atoms with Crippen LogP contribution in [0.25, 0.3) is 11.5 Å². The average molecular weight is 417 g/mol. The Labute approximate surface area is 174 Å². The van der Waals surface area contributed by atoms with Gasteiger partial charge in [0, 0.05) is 5.56 Å². The molecule has 2 aromatic rings. The van der Waals surface area contributed by atoms with E-state index in [1.165, 1.54) is 0 Å². The third-order valence-corrected chi connectivity index (χ3v) is 5.90. The summed E-state index contributed by atoms with van der Waals surface area (Å²) in [5.41, 5.74) is -0.0752. The number of carbonyl (C=O) groups excluding carboxylic acids is 1. The molecular weight excluding hydrogens is 392 g/mol. The van der Waals surface area contributed by atoms with E-state index < -0.39 is 10.8 Å². The maximum absolute atomic E-state index is 12.6. The van der Waals surface area contributed by atoms with Crippen molar-refractivity contribution in [1.29, 1.82) is 5.26 Å². The molecule has 1 N–H and O–H groups in total. The van der Waals surface area contributed by atoms with Crippen molar-refractivity contribution < 1.29 is 18.7 Å². The SMILES string of the molecule is COc1ccc(-c2nnc(S[C@@H](C)C(=O)NC3(C#N)CCCCC3)o2)cc1OC. The van der Waals surface area contributed by atoms with E-state index >= 15 is 0 Å². The minimum Gasteiger partial charge on any atom is -0.493 e. The number of ether oxygens (including phenoxy) is 2. The third-order valence-electron chi connectivity index (χ3n) is 4.97. The first-order valence-electron chi connectivity index (χ1n) is 9.46. The summed E-state index contributed by atoms with van der Waals surface area (Å²) >= 11 is 1.16. The van der Waals surface area contributed by atoms with Crippen LogP contribution < -0.4 is 14.8 Å². The predicted octanol–water partition coefficient (Wildman–Crippen LogP) is 3.58. The van der Waals surface area contributed by atoms with Gasteiger partial charge in [-0.25, -0.2) is 0 Å². The number of benzene rings is 1. The van der Waals surface area contributed by atoms with Gasteiger partial charge >= 0.3 is 0 Å². The van der Waals surface area contributed by atoms with Gasteiger partial charge in [0.2, 0.25) is 11.8 Å². The first-order chi connectivity index (χ1) is 14.0. The van der Waals surface area contributed by atoms with Crippen molar-refractivity contribution in [2.45, 2.75) is 55.0 Å². The number of methoxy groups -OCH3 is 2. The van der Waals surface area contributed by atoms with Gasteiger partial charge in [0.25, 0.3) is 5.22 Å². The number of rotatable bonds is 7. The molecule has 1 aromatic carbocycles. The number of hydrogen-bond acceptors (Lipinski definition) is 8. The van der Waals surface area contributed by atoms with Crippen molar-refractivity contribution >= 4 is 17.7 Å². The van der Waals surface area contributed by atoms with E-state index in [-0.39, 0.29) is 11.1 Å². The number of nitrogens with zero attached hydrogens (tertiary/aromatic N) is 3. The van der Waals surface area contributed by atoms with E-state index in [9.17, 15) is 10.1 Å². The van der Waals surface area contributed by atoms with Crippen LogP contribution in [0.4, 0.5) is 0 Å². The lowest BCUT2D eigenvalue weighted by atomic mass is 9.83. The average Bonchev–Trinajstić information content (AvgIpc) is 3.22. The molecule has 1 aliphatic carbocycles. The highest BCUT2D eigenvalue weighted by Crippen LogP contribution is 2.33. The topological polar surface area (TPSA) is 110 Å². The second-order valence-electron chi connectivity index (χ2n) is 6.95. The fourth-order valence-electron chi connectivity index (χ4n) is 3.31. The number of carbonyl (C=O) groups is 1. The van der Waals surface area contributed by atoms with Crippen molar-refractivity contribution in [2.24, 2.45) is 0 Å². The second kappa shape index (κ2) is 9.18. The Balaban J connectivity index is 1.66. The van der Waals surface area contributed by atoms with Crippen LogP contribution in [0.2, 0.25) is 0 Å². The lowest BCUT2D eigenvalue weighted by molar-refractivity contribution is -0.122. The molecule has 1 saturated carbocycles. The summed E-state index contributed by atoms with van der Waals surface area (Å²) in [5, 5.41) is 20.4. The van der Waals surface area contributed by atoms with Crippen LogP contribution in [0.1, 0.15) is 39.0 Å². The molecule has 0 radical (unpaired) electrons. The van der Waals surface area contributed by atoms with Crippen LogP contribution in [-0.2, 0) is 4.79 Å².